The molecule has 2 aromatic heterocycles. The van der Waals surface area contributed by atoms with Crippen molar-refractivity contribution in [1.29, 1.82) is 0 Å². The van der Waals surface area contributed by atoms with Crippen molar-refractivity contribution in [3.05, 3.63) is 95.2 Å². The number of halogens is 1. The van der Waals surface area contributed by atoms with Gasteiger partial charge in [0.05, 0.1) is 6.54 Å². The first-order valence-corrected chi connectivity index (χ1v) is 9.25. The number of anilines is 1. The number of rotatable bonds is 7. The largest absolute Gasteiger partial charge is 0.486 e. The van der Waals surface area contributed by atoms with Gasteiger partial charge in [-0.15, -0.1) is 5.10 Å². The molecule has 0 saturated carbocycles. The lowest BCUT2D eigenvalue weighted by Gasteiger charge is -2.04. The second kappa shape index (κ2) is 8.62. The molecule has 0 saturated heterocycles. The van der Waals surface area contributed by atoms with Crippen LogP contribution >= 0.6 is 11.6 Å². The van der Waals surface area contributed by atoms with Gasteiger partial charge in [0, 0.05) is 5.02 Å². The number of ether oxygens (including phenoxy) is 1. The van der Waals surface area contributed by atoms with Crippen LogP contribution in [0.15, 0.2) is 77.5 Å². The number of benzene rings is 2. The van der Waals surface area contributed by atoms with Crippen molar-refractivity contribution in [1.82, 2.24) is 14.8 Å². The van der Waals surface area contributed by atoms with Gasteiger partial charge >= 0.3 is 0 Å². The number of carbonyl (C=O) groups excluding carboxylic acids is 1. The standard InChI is InChI=1S/C21H17ClN4O3/c22-16-6-8-17(9-7-16)28-13-18-10-11-19(29-18)20(27)24-21-23-14-26(25-21)12-15-4-2-1-3-5-15/h1-11,14H,12-13H2,(H,24,25,27). The monoisotopic (exact) mass is 408 g/mol. The second-order valence-corrected chi connectivity index (χ2v) is 6.65. The molecule has 4 rings (SSSR count). The fraction of sp³-hybridized carbons (Fsp3) is 0.0952. The lowest BCUT2D eigenvalue weighted by molar-refractivity contribution is 0.0991. The Labute approximate surface area is 171 Å². The predicted octanol–water partition coefficient (Wildman–Crippen LogP) is 4.40. The summed E-state index contributed by atoms with van der Waals surface area (Å²) in [6.07, 6.45) is 1.57. The summed E-state index contributed by atoms with van der Waals surface area (Å²) in [4.78, 5) is 16.5. The van der Waals surface area contributed by atoms with Crippen LogP contribution in [-0.2, 0) is 13.2 Å². The van der Waals surface area contributed by atoms with Crippen LogP contribution in [0.25, 0.3) is 0 Å². The van der Waals surface area contributed by atoms with Crippen LogP contribution in [0.3, 0.4) is 0 Å². The summed E-state index contributed by atoms with van der Waals surface area (Å²) in [5.74, 6) is 1.11. The molecule has 0 unspecified atom stereocenters. The van der Waals surface area contributed by atoms with Crippen molar-refractivity contribution in [3.8, 4) is 5.75 Å². The normalized spacial score (nSPS) is 10.7. The molecule has 0 bridgehead atoms. The first-order valence-electron chi connectivity index (χ1n) is 8.87. The topological polar surface area (TPSA) is 82.2 Å². The summed E-state index contributed by atoms with van der Waals surface area (Å²) in [5.41, 5.74) is 1.09. The van der Waals surface area contributed by atoms with Crippen molar-refractivity contribution in [3.63, 3.8) is 0 Å². The average Bonchev–Trinajstić information content (AvgIpc) is 3.38. The van der Waals surface area contributed by atoms with E-state index in [1.165, 1.54) is 0 Å². The molecule has 0 spiro atoms. The van der Waals surface area contributed by atoms with E-state index in [1.807, 2.05) is 30.3 Å². The Hall–Kier alpha value is -3.58. The highest BCUT2D eigenvalue weighted by atomic mass is 35.5. The van der Waals surface area contributed by atoms with E-state index in [4.69, 9.17) is 20.8 Å². The molecular formula is C21H17ClN4O3. The summed E-state index contributed by atoms with van der Waals surface area (Å²) in [6.45, 7) is 0.759. The maximum atomic E-state index is 12.4. The zero-order chi connectivity index (χ0) is 20.1. The van der Waals surface area contributed by atoms with E-state index >= 15 is 0 Å². The second-order valence-electron chi connectivity index (χ2n) is 6.21. The van der Waals surface area contributed by atoms with Crippen molar-refractivity contribution < 1.29 is 13.9 Å². The molecule has 0 aliphatic carbocycles. The highest BCUT2D eigenvalue weighted by Gasteiger charge is 2.14. The number of hydrogen-bond acceptors (Lipinski definition) is 5. The molecule has 0 atom stereocenters. The van der Waals surface area contributed by atoms with Crippen LogP contribution in [0.1, 0.15) is 21.9 Å². The number of carbonyl (C=O) groups is 1. The number of aromatic nitrogens is 3. The molecular weight excluding hydrogens is 392 g/mol. The molecule has 7 nitrogen and oxygen atoms in total. The fourth-order valence-corrected chi connectivity index (χ4v) is 2.75. The molecule has 4 aromatic rings. The molecule has 2 heterocycles. The number of nitrogens with zero attached hydrogens (tertiary/aromatic N) is 3. The Bertz CT molecular complexity index is 1090. The van der Waals surface area contributed by atoms with Crippen LogP contribution in [-0.4, -0.2) is 20.7 Å². The maximum Gasteiger partial charge on any atom is 0.293 e. The minimum absolute atomic E-state index is 0.152. The van der Waals surface area contributed by atoms with E-state index in [0.717, 1.165) is 5.56 Å². The number of amides is 1. The van der Waals surface area contributed by atoms with E-state index in [0.29, 0.717) is 23.1 Å². The SMILES string of the molecule is O=C(Nc1ncn(Cc2ccccc2)n1)c1ccc(COc2ccc(Cl)cc2)o1. The molecule has 146 valence electrons. The average molecular weight is 409 g/mol. The van der Waals surface area contributed by atoms with Crippen molar-refractivity contribution in [2.75, 3.05) is 5.32 Å². The summed E-state index contributed by atoms with van der Waals surface area (Å²) in [6, 6.07) is 20.1. The summed E-state index contributed by atoms with van der Waals surface area (Å²) in [5, 5.41) is 7.52. The van der Waals surface area contributed by atoms with Gasteiger partial charge in [-0.1, -0.05) is 41.9 Å². The van der Waals surface area contributed by atoms with E-state index in [9.17, 15) is 4.79 Å². The summed E-state index contributed by atoms with van der Waals surface area (Å²) < 4.78 is 12.8. The molecule has 1 N–H and O–H groups in total. The maximum absolute atomic E-state index is 12.4. The smallest absolute Gasteiger partial charge is 0.293 e. The van der Waals surface area contributed by atoms with E-state index in [2.05, 4.69) is 15.4 Å². The third kappa shape index (κ3) is 5.03. The van der Waals surface area contributed by atoms with Gasteiger partial charge in [-0.05, 0) is 42.0 Å². The van der Waals surface area contributed by atoms with Crippen LogP contribution < -0.4 is 10.1 Å². The van der Waals surface area contributed by atoms with Gasteiger partial charge in [-0.3, -0.25) is 10.1 Å². The van der Waals surface area contributed by atoms with E-state index < -0.39 is 5.91 Å². The quantitative estimate of drug-likeness (QED) is 0.490. The first kappa shape index (κ1) is 18.8. The van der Waals surface area contributed by atoms with Gasteiger partial charge in [-0.2, -0.15) is 0 Å². The van der Waals surface area contributed by atoms with Gasteiger partial charge in [0.15, 0.2) is 5.76 Å². The van der Waals surface area contributed by atoms with E-state index in [1.54, 1.807) is 47.4 Å². The molecule has 1 amide bonds. The van der Waals surface area contributed by atoms with Gasteiger partial charge < -0.3 is 9.15 Å². The lowest BCUT2D eigenvalue weighted by atomic mass is 10.2. The van der Waals surface area contributed by atoms with Crippen molar-refractivity contribution in [2.24, 2.45) is 0 Å². The third-order valence-electron chi connectivity index (χ3n) is 4.03. The number of hydrogen-bond donors (Lipinski definition) is 1. The van der Waals surface area contributed by atoms with Gasteiger partial charge in [0.25, 0.3) is 5.91 Å². The van der Waals surface area contributed by atoms with Crippen molar-refractivity contribution in [2.45, 2.75) is 13.2 Å². The van der Waals surface area contributed by atoms with Crippen molar-refractivity contribution >= 4 is 23.5 Å². The molecule has 0 fully saturated rings. The molecule has 2 aromatic carbocycles. The minimum atomic E-state index is -0.430. The molecule has 29 heavy (non-hydrogen) atoms. The Morgan fingerprint density at radius 3 is 2.66 bits per heavy atom. The predicted molar refractivity (Wildman–Crippen MR) is 108 cm³/mol. The van der Waals surface area contributed by atoms with E-state index in [-0.39, 0.29) is 18.3 Å². The Kier molecular flexibility index (Phi) is 5.58. The summed E-state index contributed by atoms with van der Waals surface area (Å²) >= 11 is 5.85. The van der Waals surface area contributed by atoms with Gasteiger partial charge in [-0.25, -0.2) is 9.67 Å². The molecule has 0 aliphatic rings. The number of furan rings is 1. The number of nitrogens with one attached hydrogen (secondary N) is 1. The van der Waals surface area contributed by atoms with Crippen LogP contribution in [0.2, 0.25) is 5.02 Å². The fourth-order valence-electron chi connectivity index (χ4n) is 2.62. The van der Waals surface area contributed by atoms with Crippen LogP contribution in [0, 0.1) is 0 Å². The zero-order valence-corrected chi connectivity index (χ0v) is 16.0. The van der Waals surface area contributed by atoms with Gasteiger partial charge in [0.1, 0.15) is 24.4 Å². The first-order chi connectivity index (χ1) is 14.2. The highest BCUT2D eigenvalue weighted by molar-refractivity contribution is 6.30. The molecule has 0 radical (unpaired) electrons. The molecule has 0 aliphatic heterocycles. The highest BCUT2D eigenvalue weighted by Crippen LogP contribution is 2.18. The Balaban J connectivity index is 1.32. The van der Waals surface area contributed by atoms with Crippen LogP contribution in [0.5, 0.6) is 5.75 Å². The Morgan fingerprint density at radius 1 is 1.07 bits per heavy atom. The van der Waals surface area contributed by atoms with Gasteiger partial charge in [0.2, 0.25) is 5.95 Å². The Morgan fingerprint density at radius 2 is 1.86 bits per heavy atom. The zero-order valence-electron chi connectivity index (χ0n) is 15.3. The van der Waals surface area contributed by atoms with Crippen LogP contribution in [0.4, 0.5) is 5.95 Å². The lowest BCUT2D eigenvalue weighted by Crippen LogP contribution is -2.12. The third-order valence-corrected chi connectivity index (χ3v) is 4.28. The molecule has 8 heteroatoms. The summed E-state index contributed by atoms with van der Waals surface area (Å²) in [7, 11) is 0. The minimum Gasteiger partial charge on any atom is -0.486 e.